The van der Waals surface area contributed by atoms with Crippen molar-refractivity contribution in [1.29, 1.82) is 0 Å². The van der Waals surface area contributed by atoms with E-state index in [0.29, 0.717) is 12.1 Å². The number of aliphatic hydroxyl groups is 2. The summed E-state index contributed by atoms with van der Waals surface area (Å²) in [5.74, 6) is -2.25. The van der Waals surface area contributed by atoms with Crippen LogP contribution in [0.15, 0.2) is 30.3 Å². The number of ether oxygens (including phenoxy) is 1. The summed E-state index contributed by atoms with van der Waals surface area (Å²) in [5, 5.41) is 24.1. The maximum atomic E-state index is 14.1. The molecular formula is C20H25F2N3O4. The summed E-state index contributed by atoms with van der Waals surface area (Å²) < 4.78 is 33.7. The zero-order chi connectivity index (χ0) is 21.4. The fourth-order valence-electron chi connectivity index (χ4n) is 2.67. The van der Waals surface area contributed by atoms with E-state index >= 15 is 0 Å². The van der Waals surface area contributed by atoms with Crippen molar-refractivity contribution in [2.45, 2.75) is 19.4 Å². The Labute approximate surface area is 167 Å². The van der Waals surface area contributed by atoms with Crippen LogP contribution in [0, 0.1) is 18.6 Å². The number of primary amides is 1. The van der Waals surface area contributed by atoms with Gasteiger partial charge >= 0.3 is 0 Å². The molecule has 0 saturated heterocycles. The van der Waals surface area contributed by atoms with E-state index in [-0.39, 0.29) is 48.9 Å². The zero-order valence-corrected chi connectivity index (χ0v) is 16.0. The van der Waals surface area contributed by atoms with Crippen molar-refractivity contribution in [2.24, 2.45) is 5.73 Å². The molecule has 2 rings (SSSR count). The minimum Gasteiger partial charge on any atom is -0.492 e. The van der Waals surface area contributed by atoms with Crippen molar-refractivity contribution in [3.8, 4) is 5.75 Å². The molecule has 0 bridgehead atoms. The average Bonchev–Trinajstić information content (AvgIpc) is 2.63. The molecule has 0 heterocycles. The van der Waals surface area contributed by atoms with Crippen LogP contribution in [0.3, 0.4) is 0 Å². The highest BCUT2D eigenvalue weighted by molar-refractivity contribution is 6.02. The quantitative estimate of drug-likeness (QED) is 0.362. The minimum atomic E-state index is -0.875. The lowest BCUT2D eigenvalue weighted by Crippen LogP contribution is -2.30. The second-order valence-electron chi connectivity index (χ2n) is 6.52. The lowest BCUT2D eigenvalue weighted by atomic mass is 10.1. The van der Waals surface area contributed by atoms with Crippen LogP contribution in [0.25, 0.3) is 0 Å². The van der Waals surface area contributed by atoms with Gasteiger partial charge in [0.05, 0.1) is 30.7 Å². The first-order valence-corrected chi connectivity index (χ1v) is 9.10. The molecule has 1 atom stereocenters. The Morgan fingerprint density at radius 3 is 2.66 bits per heavy atom. The van der Waals surface area contributed by atoms with Gasteiger partial charge in [-0.05, 0) is 30.7 Å². The third-order valence-corrected chi connectivity index (χ3v) is 4.08. The lowest BCUT2D eigenvalue weighted by Gasteiger charge is -2.17. The molecule has 158 valence electrons. The van der Waals surface area contributed by atoms with Crippen LogP contribution in [-0.4, -0.2) is 48.5 Å². The molecule has 0 radical (unpaired) electrons. The van der Waals surface area contributed by atoms with Gasteiger partial charge in [-0.3, -0.25) is 4.79 Å². The van der Waals surface area contributed by atoms with E-state index in [1.165, 1.54) is 12.1 Å². The Hall–Kier alpha value is -2.75. The molecule has 0 aliphatic heterocycles. The van der Waals surface area contributed by atoms with Gasteiger partial charge in [0.15, 0.2) is 0 Å². The van der Waals surface area contributed by atoms with Gasteiger partial charge in [-0.15, -0.1) is 0 Å². The van der Waals surface area contributed by atoms with Crippen molar-refractivity contribution >= 4 is 17.3 Å². The summed E-state index contributed by atoms with van der Waals surface area (Å²) in [5.41, 5.74) is 6.05. The minimum absolute atomic E-state index is 0.00988. The van der Waals surface area contributed by atoms with Crippen LogP contribution >= 0.6 is 0 Å². The summed E-state index contributed by atoms with van der Waals surface area (Å²) in [7, 11) is 0. The topological polar surface area (TPSA) is 117 Å². The Morgan fingerprint density at radius 2 is 2.00 bits per heavy atom. The van der Waals surface area contributed by atoms with Gasteiger partial charge in [0, 0.05) is 25.6 Å². The highest BCUT2D eigenvalue weighted by Crippen LogP contribution is 2.31. The lowest BCUT2D eigenvalue weighted by molar-refractivity contribution is 0.0995. The largest absolute Gasteiger partial charge is 0.492 e. The zero-order valence-electron chi connectivity index (χ0n) is 16.0. The number of halogens is 2. The first-order valence-electron chi connectivity index (χ1n) is 9.10. The number of rotatable bonds is 11. The Kier molecular flexibility index (Phi) is 8.32. The Balaban J connectivity index is 2.17. The monoisotopic (exact) mass is 409 g/mol. The van der Waals surface area contributed by atoms with Crippen molar-refractivity contribution in [2.75, 3.05) is 31.6 Å². The second-order valence-corrected chi connectivity index (χ2v) is 6.52. The molecular weight excluding hydrogens is 384 g/mol. The predicted molar refractivity (Wildman–Crippen MR) is 105 cm³/mol. The molecule has 2 aromatic carbocycles. The molecule has 29 heavy (non-hydrogen) atoms. The molecule has 0 saturated carbocycles. The molecule has 1 amide bonds. The van der Waals surface area contributed by atoms with Crippen molar-refractivity contribution in [1.82, 2.24) is 5.32 Å². The maximum absolute atomic E-state index is 14.1. The second kappa shape index (κ2) is 10.7. The van der Waals surface area contributed by atoms with Gasteiger partial charge in [0.2, 0.25) is 0 Å². The Bertz CT molecular complexity index is 849. The molecule has 0 aliphatic rings. The highest BCUT2D eigenvalue weighted by Gasteiger charge is 2.19. The normalized spacial score (nSPS) is 11.9. The summed E-state index contributed by atoms with van der Waals surface area (Å²) in [4.78, 5) is 12.0. The molecule has 0 spiro atoms. The molecule has 6 N–H and O–H groups in total. The molecule has 0 aliphatic carbocycles. The number of nitrogens with one attached hydrogen (secondary N) is 2. The molecule has 0 fully saturated rings. The summed E-state index contributed by atoms with van der Waals surface area (Å²) in [6.45, 7) is 2.26. The fraction of sp³-hybridized carbons (Fsp3) is 0.350. The first kappa shape index (κ1) is 22.5. The van der Waals surface area contributed by atoms with Gasteiger partial charge < -0.3 is 31.3 Å². The van der Waals surface area contributed by atoms with E-state index in [9.17, 15) is 18.7 Å². The number of nitrogens with two attached hydrogens (primary N) is 1. The highest BCUT2D eigenvalue weighted by atomic mass is 19.1. The smallest absolute Gasteiger partial charge is 0.254 e. The van der Waals surface area contributed by atoms with Gasteiger partial charge in [-0.1, -0.05) is 6.07 Å². The van der Waals surface area contributed by atoms with E-state index in [4.69, 9.17) is 15.6 Å². The summed E-state index contributed by atoms with van der Waals surface area (Å²) in [6.07, 6.45) is -0.561. The van der Waals surface area contributed by atoms with E-state index < -0.39 is 23.6 Å². The predicted octanol–water partition coefficient (Wildman–Crippen LogP) is 1.83. The van der Waals surface area contributed by atoms with Crippen molar-refractivity contribution < 1.29 is 28.5 Å². The average molecular weight is 409 g/mol. The van der Waals surface area contributed by atoms with Crippen LogP contribution in [-0.2, 0) is 0 Å². The summed E-state index contributed by atoms with van der Waals surface area (Å²) in [6, 6.07) is 6.47. The standard InChI is InChI=1S/C20H25F2N3O4/c1-12-2-3-16(15(22)8-12)25-17-9-13(21)10-18(19(17)20(23)28)29-7-4-14(27)11-24-5-6-26/h2-3,8-10,14,24-27H,4-7,11H2,1H3,(H2,23,28). The molecule has 0 aromatic heterocycles. The van der Waals surface area contributed by atoms with Gasteiger partial charge in [0.1, 0.15) is 22.9 Å². The number of aryl methyl sites for hydroxylation is 1. The third-order valence-electron chi connectivity index (χ3n) is 4.08. The number of amides is 1. The number of hydrogen-bond acceptors (Lipinski definition) is 6. The number of anilines is 2. The first-order chi connectivity index (χ1) is 13.8. The third kappa shape index (κ3) is 6.67. The van der Waals surface area contributed by atoms with Crippen LogP contribution in [0.5, 0.6) is 5.75 Å². The summed E-state index contributed by atoms with van der Waals surface area (Å²) >= 11 is 0. The van der Waals surface area contributed by atoms with Gasteiger partial charge in [-0.2, -0.15) is 0 Å². The van der Waals surface area contributed by atoms with E-state index in [2.05, 4.69) is 10.6 Å². The Morgan fingerprint density at radius 1 is 1.24 bits per heavy atom. The van der Waals surface area contributed by atoms with Gasteiger partial charge in [0.25, 0.3) is 5.91 Å². The SMILES string of the molecule is Cc1ccc(Nc2cc(F)cc(OCCC(O)CNCCO)c2C(N)=O)c(F)c1. The van der Waals surface area contributed by atoms with Gasteiger partial charge in [-0.25, -0.2) is 8.78 Å². The van der Waals surface area contributed by atoms with E-state index in [0.717, 1.165) is 12.1 Å². The maximum Gasteiger partial charge on any atom is 0.254 e. The fourth-order valence-corrected chi connectivity index (χ4v) is 2.67. The van der Waals surface area contributed by atoms with Crippen LogP contribution in [0.2, 0.25) is 0 Å². The molecule has 7 nitrogen and oxygen atoms in total. The van der Waals surface area contributed by atoms with Crippen LogP contribution in [0.1, 0.15) is 22.3 Å². The number of carbonyl (C=O) groups excluding carboxylic acids is 1. The number of carbonyl (C=O) groups is 1. The number of hydrogen-bond donors (Lipinski definition) is 5. The number of aliphatic hydroxyl groups excluding tert-OH is 2. The molecule has 9 heteroatoms. The van der Waals surface area contributed by atoms with Crippen LogP contribution < -0.4 is 21.1 Å². The van der Waals surface area contributed by atoms with E-state index in [1.807, 2.05) is 0 Å². The van der Waals surface area contributed by atoms with Crippen molar-refractivity contribution in [3.05, 3.63) is 53.1 Å². The number of benzene rings is 2. The molecule has 1 unspecified atom stereocenters. The van der Waals surface area contributed by atoms with Crippen molar-refractivity contribution in [3.63, 3.8) is 0 Å². The molecule has 2 aromatic rings. The van der Waals surface area contributed by atoms with Crippen LogP contribution in [0.4, 0.5) is 20.2 Å². The van der Waals surface area contributed by atoms with E-state index in [1.54, 1.807) is 13.0 Å².